The van der Waals surface area contributed by atoms with Gasteiger partial charge in [0, 0.05) is 17.5 Å². The van der Waals surface area contributed by atoms with Crippen LogP contribution in [0, 0.1) is 5.92 Å². The largest absolute Gasteiger partial charge is 0.870 e. The first-order valence-corrected chi connectivity index (χ1v) is 12.4. The summed E-state index contributed by atoms with van der Waals surface area (Å²) >= 11 is 12.7. The Morgan fingerprint density at radius 3 is 2.34 bits per heavy atom. The third-order valence-electron chi connectivity index (χ3n) is 5.85. The standard InChI is InChI=1S/C27H23Cl2F2NO5.H2O/c28-21-12-32-13-22(29)20(21)11-24(36-26(34)9-16-1-3-17(14-33)4-2-16)19-7-8-23(37-27(30)31)25(10-19)35-15-18-5-6-18;/h1-4,7-8,10,12-14,18,24,27H,5-6,9,11,15H2;1H2/t24-;/m0./s1. The average Bonchev–Trinajstić information content (AvgIpc) is 3.70. The van der Waals surface area contributed by atoms with Crippen molar-refractivity contribution in [3.05, 3.63) is 87.2 Å². The van der Waals surface area contributed by atoms with Crippen molar-refractivity contribution in [2.45, 2.75) is 38.4 Å². The van der Waals surface area contributed by atoms with Gasteiger partial charge in [-0.15, -0.1) is 0 Å². The number of carbonyl (C=O) groups is 2. The number of ether oxygens (including phenoxy) is 3. The summed E-state index contributed by atoms with van der Waals surface area (Å²) in [4.78, 5) is 26.6. The highest BCUT2D eigenvalue weighted by molar-refractivity contribution is 6.35. The van der Waals surface area contributed by atoms with Crippen LogP contribution in [0.15, 0.2) is 54.9 Å². The summed E-state index contributed by atoms with van der Waals surface area (Å²) in [5.41, 5.74) is 2.19. The number of hydrogen-bond acceptors (Lipinski definition) is 6. The minimum absolute atomic E-state index is 0. The van der Waals surface area contributed by atoms with Gasteiger partial charge in [-0.05, 0) is 42.0 Å². The van der Waals surface area contributed by atoms with E-state index in [1.165, 1.54) is 18.2 Å². The van der Waals surface area contributed by atoms with Crippen molar-refractivity contribution in [2.75, 3.05) is 6.61 Å². The van der Waals surface area contributed by atoms with Crippen molar-refractivity contribution in [2.24, 2.45) is 5.92 Å². The molecule has 38 heavy (non-hydrogen) atoms. The van der Waals surface area contributed by atoms with E-state index in [9.17, 15) is 18.4 Å². The van der Waals surface area contributed by atoms with Crippen LogP contribution in [0.25, 0.3) is 0 Å². The second kappa shape index (κ2) is 13.5. The maximum Gasteiger partial charge on any atom is 0.387 e. The molecule has 0 amide bonds. The van der Waals surface area contributed by atoms with Gasteiger partial charge < -0.3 is 19.7 Å². The van der Waals surface area contributed by atoms with E-state index >= 15 is 0 Å². The average molecular weight is 568 g/mol. The number of pyridine rings is 1. The first-order valence-electron chi connectivity index (χ1n) is 11.6. The van der Waals surface area contributed by atoms with Crippen molar-refractivity contribution in [3.8, 4) is 11.5 Å². The summed E-state index contributed by atoms with van der Waals surface area (Å²) in [5, 5.41) is 0.696. The fourth-order valence-electron chi connectivity index (χ4n) is 3.69. The number of aromatic nitrogens is 1. The Hall–Kier alpha value is -3.27. The minimum atomic E-state index is -3.02. The van der Waals surface area contributed by atoms with Crippen LogP contribution in [0.4, 0.5) is 8.78 Å². The van der Waals surface area contributed by atoms with Gasteiger partial charge in [-0.1, -0.05) is 53.5 Å². The molecule has 11 heteroatoms. The Kier molecular flexibility index (Phi) is 10.4. The number of rotatable bonds is 12. The highest BCUT2D eigenvalue weighted by Gasteiger charge is 2.26. The number of nitrogens with one attached hydrogen (secondary N) is 1. The van der Waals surface area contributed by atoms with Crippen LogP contribution in [-0.2, 0) is 22.4 Å². The van der Waals surface area contributed by atoms with Crippen molar-refractivity contribution in [1.82, 2.24) is 0 Å². The predicted molar refractivity (Wildman–Crippen MR) is 134 cm³/mol. The lowest BCUT2D eigenvalue weighted by Gasteiger charge is -2.21. The summed E-state index contributed by atoms with van der Waals surface area (Å²) in [5.74, 6) is -0.133. The molecule has 1 aliphatic rings. The number of esters is 1. The molecule has 0 radical (unpaired) electrons. The van der Waals surface area contributed by atoms with Crippen LogP contribution in [0.3, 0.4) is 0 Å². The molecule has 0 aliphatic heterocycles. The van der Waals surface area contributed by atoms with Gasteiger partial charge in [0.2, 0.25) is 0 Å². The van der Waals surface area contributed by atoms with Crippen LogP contribution in [0.1, 0.15) is 46.0 Å². The van der Waals surface area contributed by atoms with E-state index in [1.54, 1.807) is 36.7 Å². The van der Waals surface area contributed by atoms with Gasteiger partial charge >= 0.3 is 12.6 Å². The topological polar surface area (TPSA) is 106 Å². The molecule has 1 aliphatic carbocycles. The fourth-order valence-corrected chi connectivity index (χ4v) is 4.22. The zero-order valence-electron chi connectivity index (χ0n) is 20.0. The summed E-state index contributed by atoms with van der Waals surface area (Å²) in [6.07, 6.45) is 5.08. The van der Waals surface area contributed by atoms with Crippen LogP contribution >= 0.6 is 23.2 Å². The molecule has 3 aromatic rings. The predicted octanol–water partition coefficient (Wildman–Crippen LogP) is 5.90. The molecular weight excluding hydrogens is 543 g/mol. The molecule has 2 N–H and O–H groups in total. The summed E-state index contributed by atoms with van der Waals surface area (Å²) in [7, 11) is 0. The molecule has 4 rings (SSSR count). The van der Waals surface area contributed by atoms with E-state index in [4.69, 9.17) is 32.7 Å². The van der Waals surface area contributed by atoms with Crippen LogP contribution < -0.4 is 14.5 Å². The summed E-state index contributed by atoms with van der Waals surface area (Å²) in [6.45, 7) is -2.65. The molecule has 0 spiro atoms. The van der Waals surface area contributed by atoms with Crippen LogP contribution in [0.5, 0.6) is 11.5 Å². The van der Waals surface area contributed by atoms with E-state index in [2.05, 4.69) is 9.72 Å². The first kappa shape index (κ1) is 29.3. The lowest BCUT2D eigenvalue weighted by atomic mass is 10.0. The molecule has 2 aromatic carbocycles. The van der Waals surface area contributed by atoms with E-state index in [-0.39, 0.29) is 29.8 Å². The monoisotopic (exact) mass is 567 g/mol. The number of benzene rings is 2. The quantitative estimate of drug-likeness (QED) is 0.199. The second-order valence-corrected chi connectivity index (χ2v) is 9.50. The minimum Gasteiger partial charge on any atom is -0.870 e. The number of hydrogen-bond donors (Lipinski definition) is 0. The second-order valence-electron chi connectivity index (χ2n) is 8.69. The third-order valence-corrected chi connectivity index (χ3v) is 6.53. The summed E-state index contributed by atoms with van der Waals surface area (Å²) < 4.78 is 42.2. The molecule has 1 atom stereocenters. The van der Waals surface area contributed by atoms with Gasteiger partial charge in [0.15, 0.2) is 23.9 Å². The van der Waals surface area contributed by atoms with Crippen molar-refractivity contribution < 1.29 is 43.0 Å². The highest BCUT2D eigenvalue weighted by Crippen LogP contribution is 2.37. The smallest absolute Gasteiger partial charge is 0.387 e. The van der Waals surface area contributed by atoms with Crippen molar-refractivity contribution in [1.29, 1.82) is 0 Å². The number of aldehydes is 1. The van der Waals surface area contributed by atoms with Gasteiger partial charge in [0.1, 0.15) is 22.4 Å². The fraction of sp³-hybridized carbons (Fsp3) is 0.296. The Morgan fingerprint density at radius 1 is 1.05 bits per heavy atom. The summed E-state index contributed by atoms with van der Waals surface area (Å²) in [6, 6.07) is 11.0. The maximum atomic E-state index is 13.0. The van der Waals surface area contributed by atoms with E-state index in [0.29, 0.717) is 51.1 Å². The van der Waals surface area contributed by atoms with E-state index in [0.717, 1.165) is 12.8 Å². The highest BCUT2D eigenvalue weighted by atomic mass is 35.5. The third kappa shape index (κ3) is 8.11. The molecule has 1 heterocycles. The lowest BCUT2D eigenvalue weighted by Crippen LogP contribution is -2.17. The normalized spacial score (nSPS) is 13.4. The Labute approximate surface area is 227 Å². The number of alkyl halides is 2. The molecular formula is C27H25Cl2F2NO6. The Balaban J connectivity index is 0.00000400. The molecule has 7 nitrogen and oxygen atoms in total. The molecule has 1 aromatic heterocycles. The molecule has 0 bridgehead atoms. The van der Waals surface area contributed by atoms with Gasteiger partial charge in [-0.25, -0.2) is 4.98 Å². The van der Waals surface area contributed by atoms with Gasteiger partial charge in [-0.3, -0.25) is 9.59 Å². The number of aromatic amines is 1. The Bertz CT molecular complexity index is 1230. The first-order chi connectivity index (χ1) is 17.8. The molecule has 1 fully saturated rings. The van der Waals surface area contributed by atoms with E-state index < -0.39 is 18.7 Å². The van der Waals surface area contributed by atoms with Crippen molar-refractivity contribution in [3.63, 3.8) is 0 Å². The van der Waals surface area contributed by atoms with Gasteiger partial charge in [-0.2, -0.15) is 8.78 Å². The van der Waals surface area contributed by atoms with Crippen LogP contribution in [0.2, 0.25) is 10.0 Å². The maximum absolute atomic E-state index is 13.0. The number of carbonyl (C=O) groups excluding carboxylic acids is 2. The molecule has 1 saturated carbocycles. The van der Waals surface area contributed by atoms with Gasteiger partial charge in [0.25, 0.3) is 0 Å². The zero-order chi connectivity index (χ0) is 26.4. The Morgan fingerprint density at radius 2 is 1.74 bits per heavy atom. The SMILES string of the molecule is O=Cc1ccc(CC(=O)O[C@@H](Cc2c(Cl)c[nH+]cc2Cl)c2ccc(OC(F)F)c(OCC3CC3)c2)cc1.[OH-]. The number of H-pyrrole nitrogens is 1. The van der Waals surface area contributed by atoms with Crippen LogP contribution in [-0.4, -0.2) is 31.0 Å². The zero-order valence-corrected chi connectivity index (χ0v) is 21.6. The number of halogens is 4. The molecule has 0 unspecified atom stereocenters. The van der Waals surface area contributed by atoms with Crippen molar-refractivity contribution >= 4 is 35.5 Å². The molecule has 0 saturated heterocycles. The van der Waals surface area contributed by atoms with Gasteiger partial charge in [0.05, 0.1) is 13.0 Å². The lowest BCUT2D eigenvalue weighted by molar-refractivity contribution is -0.377. The van der Waals surface area contributed by atoms with E-state index in [1.807, 2.05) is 0 Å². The molecule has 202 valence electrons.